The molecule has 1 heterocycles. The topological polar surface area (TPSA) is 55.9 Å². The molecule has 1 atom stereocenters. The van der Waals surface area contributed by atoms with Crippen LogP contribution in [0.1, 0.15) is 28.4 Å². The van der Waals surface area contributed by atoms with Gasteiger partial charge in [-0.2, -0.15) is 5.10 Å². The van der Waals surface area contributed by atoms with Gasteiger partial charge in [0, 0.05) is 13.2 Å². The van der Waals surface area contributed by atoms with Gasteiger partial charge in [0.2, 0.25) is 0 Å². The molecule has 17 heavy (non-hydrogen) atoms. The lowest BCUT2D eigenvalue weighted by Crippen LogP contribution is -2.29. The van der Waals surface area contributed by atoms with E-state index >= 15 is 0 Å². The predicted octanol–water partition coefficient (Wildman–Crippen LogP) is 1.59. The summed E-state index contributed by atoms with van der Waals surface area (Å²) in [7, 11) is 1.90. The number of nitrogens with two attached hydrogens (primary N) is 1. The molecule has 0 spiro atoms. The molecule has 0 radical (unpaired) electrons. The van der Waals surface area contributed by atoms with Crippen LogP contribution in [0.25, 0.3) is 0 Å². The summed E-state index contributed by atoms with van der Waals surface area (Å²) in [5.41, 5.74) is 7.40. The van der Waals surface area contributed by atoms with Crippen molar-refractivity contribution in [1.29, 1.82) is 0 Å². The van der Waals surface area contributed by atoms with Crippen molar-refractivity contribution in [3.63, 3.8) is 0 Å². The van der Waals surface area contributed by atoms with Crippen LogP contribution in [0.3, 0.4) is 0 Å². The van der Waals surface area contributed by atoms with Crippen LogP contribution in [-0.4, -0.2) is 9.78 Å². The molecule has 2 rings (SSSR count). The number of aromatic nitrogens is 2. The Bertz CT molecular complexity index is 516. The number of hydrazine groups is 1. The number of aryl methyl sites for hydroxylation is 3. The second kappa shape index (κ2) is 4.69. The lowest BCUT2D eigenvalue weighted by atomic mass is 9.98. The molecular formula is C13H18N4. The summed E-state index contributed by atoms with van der Waals surface area (Å²) in [6.07, 6.45) is 1.92. The number of nitrogens with one attached hydrogen (secondary N) is 1. The number of hydrogen-bond acceptors (Lipinski definition) is 3. The fourth-order valence-corrected chi connectivity index (χ4v) is 2.07. The average Bonchev–Trinajstić information content (AvgIpc) is 2.69. The molecule has 2 aromatic rings. The van der Waals surface area contributed by atoms with Crippen molar-refractivity contribution in [3.8, 4) is 0 Å². The highest BCUT2D eigenvalue weighted by molar-refractivity contribution is 5.36. The molecule has 0 aliphatic heterocycles. The first kappa shape index (κ1) is 11.8. The number of benzene rings is 1. The van der Waals surface area contributed by atoms with Crippen molar-refractivity contribution in [2.45, 2.75) is 19.9 Å². The number of rotatable bonds is 3. The molecule has 0 amide bonds. The Morgan fingerprint density at radius 3 is 2.59 bits per heavy atom. The molecular weight excluding hydrogens is 212 g/mol. The molecule has 90 valence electrons. The number of nitrogens with zero attached hydrogens (tertiary/aromatic N) is 2. The Morgan fingerprint density at radius 2 is 2.06 bits per heavy atom. The van der Waals surface area contributed by atoms with Gasteiger partial charge in [0.1, 0.15) is 0 Å². The van der Waals surface area contributed by atoms with Gasteiger partial charge in [-0.25, -0.2) is 5.43 Å². The van der Waals surface area contributed by atoms with Crippen molar-refractivity contribution in [2.75, 3.05) is 0 Å². The first-order chi connectivity index (χ1) is 8.11. The van der Waals surface area contributed by atoms with Crippen LogP contribution in [0.4, 0.5) is 0 Å². The predicted molar refractivity (Wildman–Crippen MR) is 68.3 cm³/mol. The molecule has 0 aliphatic carbocycles. The minimum atomic E-state index is -0.0585. The third-order valence-corrected chi connectivity index (χ3v) is 2.93. The largest absolute Gasteiger partial charge is 0.275 e. The highest BCUT2D eigenvalue weighted by Gasteiger charge is 2.16. The van der Waals surface area contributed by atoms with Gasteiger partial charge >= 0.3 is 0 Å². The quantitative estimate of drug-likeness (QED) is 0.622. The molecule has 4 heteroatoms. The lowest BCUT2D eigenvalue weighted by molar-refractivity contribution is 0.601. The molecule has 0 bridgehead atoms. The second-order valence-corrected chi connectivity index (χ2v) is 4.37. The van der Waals surface area contributed by atoms with Gasteiger partial charge in [-0.05, 0) is 31.0 Å². The zero-order valence-electron chi connectivity index (χ0n) is 10.4. The van der Waals surface area contributed by atoms with Crippen LogP contribution in [-0.2, 0) is 7.05 Å². The Morgan fingerprint density at radius 1 is 1.29 bits per heavy atom. The van der Waals surface area contributed by atoms with E-state index in [9.17, 15) is 0 Å². The maximum Gasteiger partial charge on any atom is 0.0902 e. The zero-order chi connectivity index (χ0) is 12.4. The summed E-state index contributed by atoms with van der Waals surface area (Å²) < 4.78 is 1.78. The standard InChI is InChI=1S/C13H18N4/c1-9-4-5-11(10(2)8-9)13(15-14)12-6-7-17(3)16-12/h4-8,13,15H,14H2,1-3H3. The number of hydrogen-bond donors (Lipinski definition) is 2. The minimum absolute atomic E-state index is 0.0585. The Kier molecular flexibility index (Phi) is 3.26. The van der Waals surface area contributed by atoms with Crippen molar-refractivity contribution < 1.29 is 0 Å². The molecule has 0 fully saturated rings. The summed E-state index contributed by atoms with van der Waals surface area (Å²) in [4.78, 5) is 0. The van der Waals surface area contributed by atoms with Crippen LogP contribution in [0, 0.1) is 13.8 Å². The maximum absolute atomic E-state index is 5.65. The monoisotopic (exact) mass is 230 g/mol. The molecule has 1 unspecified atom stereocenters. The molecule has 1 aromatic heterocycles. The van der Waals surface area contributed by atoms with Gasteiger partial charge < -0.3 is 0 Å². The highest BCUT2D eigenvalue weighted by atomic mass is 15.3. The maximum atomic E-state index is 5.65. The fourth-order valence-electron chi connectivity index (χ4n) is 2.07. The van der Waals surface area contributed by atoms with Crippen molar-refractivity contribution in [3.05, 3.63) is 52.8 Å². The van der Waals surface area contributed by atoms with Crippen molar-refractivity contribution >= 4 is 0 Å². The zero-order valence-corrected chi connectivity index (χ0v) is 10.4. The average molecular weight is 230 g/mol. The fraction of sp³-hybridized carbons (Fsp3) is 0.308. The van der Waals surface area contributed by atoms with E-state index in [-0.39, 0.29) is 6.04 Å². The van der Waals surface area contributed by atoms with E-state index in [0.717, 1.165) is 11.3 Å². The van der Waals surface area contributed by atoms with E-state index < -0.39 is 0 Å². The van der Waals surface area contributed by atoms with Crippen LogP contribution in [0.2, 0.25) is 0 Å². The Balaban J connectivity index is 2.42. The van der Waals surface area contributed by atoms with E-state index in [1.54, 1.807) is 4.68 Å². The van der Waals surface area contributed by atoms with Crippen LogP contribution in [0.15, 0.2) is 30.5 Å². The van der Waals surface area contributed by atoms with E-state index in [2.05, 4.69) is 42.6 Å². The summed E-state index contributed by atoms with van der Waals surface area (Å²) in [6, 6.07) is 8.27. The van der Waals surface area contributed by atoms with Gasteiger partial charge in [-0.15, -0.1) is 0 Å². The van der Waals surface area contributed by atoms with Gasteiger partial charge in [0.15, 0.2) is 0 Å². The molecule has 1 aromatic carbocycles. The van der Waals surface area contributed by atoms with Crippen LogP contribution in [0.5, 0.6) is 0 Å². The second-order valence-electron chi connectivity index (χ2n) is 4.37. The highest BCUT2D eigenvalue weighted by Crippen LogP contribution is 2.23. The van der Waals surface area contributed by atoms with Gasteiger partial charge in [-0.3, -0.25) is 10.5 Å². The van der Waals surface area contributed by atoms with E-state index in [0.29, 0.717) is 0 Å². The Hall–Kier alpha value is -1.65. The molecule has 0 saturated carbocycles. The smallest absolute Gasteiger partial charge is 0.0902 e. The minimum Gasteiger partial charge on any atom is -0.275 e. The molecule has 0 aliphatic rings. The van der Waals surface area contributed by atoms with Crippen molar-refractivity contribution in [1.82, 2.24) is 15.2 Å². The summed E-state index contributed by atoms with van der Waals surface area (Å²) >= 11 is 0. The first-order valence-electron chi connectivity index (χ1n) is 5.64. The lowest BCUT2D eigenvalue weighted by Gasteiger charge is -2.17. The normalized spacial score (nSPS) is 12.7. The van der Waals surface area contributed by atoms with Gasteiger partial charge in [-0.1, -0.05) is 23.8 Å². The SMILES string of the molecule is Cc1ccc(C(NN)c2ccn(C)n2)c(C)c1. The van der Waals surface area contributed by atoms with Crippen molar-refractivity contribution in [2.24, 2.45) is 12.9 Å². The van der Waals surface area contributed by atoms with Crippen LogP contribution >= 0.6 is 0 Å². The third-order valence-electron chi connectivity index (χ3n) is 2.93. The summed E-state index contributed by atoms with van der Waals surface area (Å²) in [5.74, 6) is 5.65. The Labute approximate surface area is 101 Å². The summed E-state index contributed by atoms with van der Waals surface area (Å²) in [5, 5.41) is 4.40. The van der Waals surface area contributed by atoms with Gasteiger partial charge in [0.05, 0.1) is 11.7 Å². The van der Waals surface area contributed by atoms with Crippen LogP contribution < -0.4 is 11.3 Å². The van der Waals surface area contributed by atoms with E-state index in [1.807, 2.05) is 19.3 Å². The molecule has 0 saturated heterocycles. The third kappa shape index (κ3) is 2.38. The summed E-state index contributed by atoms with van der Waals surface area (Å²) in [6.45, 7) is 4.18. The van der Waals surface area contributed by atoms with E-state index in [1.165, 1.54) is 11.1 Å². The van der Waals surface area contributed by atoms with Gasteiger partial charge in [0.25, 0.3) is 0 Å². The molecule has 3 N–H and O–H groups in total. The molecule has 4 nitrogen and oxygen atoms in total. The van der Waals surface area contributed by atoms with E-state index in [4.69, 9.17) is 5.84 Å². The first-order valence-corrected chi connectivity index (χ1v) is 5.64.